The Balaban J connectivity index is 1.46. The van der Waals surface area contributed by atoms with E-state index in [1.807, 2.05) is 0 Å². The van der Waals surface area contributed by atoms with Gasteiger partial charge in [-0.05, 0) is 31.4 Å². The van der Waals surface area contributed by atoms with Gasteiger partial charge in [-0.3, -0.25) is 0 Å². The quantitative estimate of drug-likeness (QED) is 0.592. The molecule has 0 saturated carbocycles. The Morgan fingerprint density at radius 3 is 1.81 bits per heavy atom. The van der Waals surface area contributed by atoms with Crippen molar-refractivity contribution >= 4 is 0 Å². The van der Waals surface area contributed by atoms with Crippen LogP contribution in [0.3, 0.4) is 0 Å². The molecule has 4 nitrogen and oxygen atoms in total. The van der Waals surface area contributed by atoms with Crippen LogP contribution in [0.2, 0.25) is 0 Å². The molecule has 148 valence electrons. The third-order valence-corrected chi connectivity index (χ3v) is 5.20. The normalized spacial score (nSPS) is 18.2. The van der Waals surface area contributed by atoms with Gasteiger partial charge in [0.25, 0.3) is 0 Å². The molecule has 1 saturated heterocycles. The van der Waals surface area contributed by atoms with Gasteiger partial charge in [0.15, 0.2) is 0 Å². The summed E-state index contributed by atoms with van der Waals surface area (Å²) >= 11 is 0. The van der Waals surface area contributed by atoms with Gasteiger partial charge in [-0.2, -0.15) is 0 Å². The second-order valence-corrected chi connectivity index (χ2v) is 7.45. The lowest BCUT2D eigenvalue weighted by Gasteiger charge is -2.23. The third kappa shape index (κ3) is 10.9. The molecule has 0 amide bonds. The molecule has 1 aliphatic heterocycles. The van der Waals surface area contributed by atoms with Gasteiger partial charge in [0.05, 0.1) is 0 Å². The highest BCUT2D eigenvalue weighted by Gasteiger charge is 2.05. The standard InChI is InChI=1S/C22H40N4/c1(3-6-10-22-11-7-5-8-12-22)2-4-9-19-26-20-17-24-15-13-23-14-16-25-18-21-26/h5,7-8,11-12,23-25H,1-4,6,9-10,13-21H2. The number of nitrogens with one attached hydrogen (secondary N) is 3. The van der Waals surface area contributed by atoms with Crippen LogP contribution in [-0.2, 0) is 6.42 Å². The lowest BCUT2D eigenvalue weighted by molar-refractivity contribution is 0.264. The van der Waals surface area contributed by atoms with E-state index in [0.29, 0.717) is 0 Å². The second kappa shape index (κ2) is 15.2. The third-order valence-electron chi connectivity index (χ3n) is 5.20. The van der Waals surface area contributed by atoms with Crippen LogP contribution in [0.4, 0.5) is 0 Å². The van der Waals surface area contributed by atoms with E-state index in [-0.39, 0.29) is 0 Å². The molecule has 3 N–H and O–H groups in total. The summed E-state index contributed by atoms with van der Waals surface area (Å²) in [5.74, 6) is 0. The minimum atomic E-state index is 1.08. The molecule has 4 heteroatoms. The summed E-state index contributed by atoms with van der Waals surface area (Å²) in [5, 5.41) is 10.5. The van der Waals surface area contributed by atoms with Crippen molar-refractivity contribution < 1.29 is 0 Å². The number of benzene rings is 1. The molecule has 26 heavy (non-hydrogen) atoms. The molecule has 1 aliphatic rings. The Hall–Kier alpha value is -0.940. The van der Waals surface area contributed by atoms with Gasteiger partial charge in [-0.1, -0.05) is 56.0 Å². The fraction of sp³-hybridized carbons (Fsp3) is 0.727. The van der Waals surface area contributed by atoms with Crippen LogP contribution < -0.4 is 16.0 Å². The van der Waals surface area contributed by atoms with Gasteiger partial charge in [0.1, 0.15) is 0 Å². The lowest BCUT2D eigenvalue weighted by Crippen LogP contribution is -2.42. The zero-order valence-electron chi connectivity index (χ0n) is 16.6. The van der Waals surface area contributed by atoms with Crippen molar-refractivity contribution in [3.05, 3.63) is 35.9 Å². The van der Waals surface area contributed by atoms with Crippen LogP contribution in [0.1, 0.15) is 44.1 Å². The highest BCUT2D eigenvalue weighted by molar-refractivity contribution is 5.14. The number of nitrogens with zero attached hydrogens (tertiary/aromatic N) is 1. The molecular formula is C22H40N4. The fourth-order valence-corrected chi connectivity index (χ4v) is 3.55. The molecule has 1 aromatic carbocycles. The molecule has 2 rings (SSSR count). The van der Waals surface area contributed by atoms with E-state index in [4.69, 9.17) is 0 Å². The van der Waals surface area contributed by atoms with Crippen molar-refractivity contribution in [2.24, 2.45) is 0 Å². The first-order valence-electron chi connectivity index (χ1n) is 10.8. The van der Waals surface area contributed by atoms with Gasteiger partial charge >= 0.3 is 0 Å². The van der Waals surface area contributed by atoms with Crippen LogP contribution in [0, 0.1) is 0 Å². The van der Waals surface area contributed by atoms with E-state index >= 15 is 0 Å². The maximum atomic E-state index is 3.55. The summed E-state index contributed by atoms with van der Waals surface area (Å²) in [5.41, 5.74) is 1.49. The first-order chi connectivity index (χ1) is 12.9. The van der Waals surface area contributed by atoms with Crippen LogP contribution in [0.15, 0.2) is 30.3 Å². The Kier molecular flexibility index (Phi) is 12.4. The molecule has 0 bridgehead atoms. The van der Waals surface area contributed by atoms with Gasteiger partial charge in [-0.25, -0.2) is 0 Å². The number of aryl methyl sites for hydroxylation is 1. The topological polar surface area (TPSA) is 39.3 Å². The van der Waals surface area contributed by atoms with Crippen LogP contribution in [0.25, 0.3) is 0 Å². The number of hydrogen-bond acceptors (Lipinski definition) is 4. The minimum absolute atomic E-state index is 1.08. The molecular weight excluding hydrogens is 320 g/mol. The van der Waals surface area contributed by atoms with Crippen molar-refractivity contribution in [1.82, 2.24) is 20.9 Å². The van der Waals surface area contributed by atoms with Crippen LogP contribution in [0.5, 0.6) is 0 Å². The molecule has 0 aliphatic carbocycles. The van der Waals surface area contributed by atoms with E-state index in [9.17, 15) is 0 Å². The second-order valence-electron chi connectivity index (χ2n) is 7.45. The molecule has 0 atom stereocenters. The monoisotopic (exact) mass is 360 g/mol. The maximum absolute atomic E-state index is 3.55. The van der Waals surface area contributed by atoms with Crippen LogP contribution >= 0.6 is 0 Å². The fourth-order valence-electron chi connectivity index (χ4n) is 3.55. The summed E-state index contributed by atoms with van der Waals surface area (Å²) in [6.07, 6.45) is 9.47. The van der Waals surface area contributed by atoms with Crippen LogP contribution in [-0.4, -0.2) is 63.8 Å². The zero-order valence-corrected chi connectivity index (χ0v) is 16.6. The minimum Gasteiger partial charge on any atom is -0.314 e. The molecule has 1 heterocycles. The van der Waals surface area contributed by atoms with Gasteiger partial charge in [0.2, 0.25) is 0 Å². The first-order valence-corrected chi connectivity index (χ1v) is 10.8. The summed E-state index contributed by atoms with van der Waals surface area (Å²) < 4.78 is 0. The van der Waals surface area contributed by atoms with Crippen molar-refractivity contribution in [2.45, 2.75) is 44.9 Å². The molecule has 0 aromatic heterocycles. The first kappa shape index (κ1) is 21.4. The maximum Gasteiger partial charge on any atom is 0.0107 e. The Labute approximate surface area is 161 Å². The molecule has 0 unspecified atom stereocenters. The molecule has 0 spiro atoms. The molecule has 1 fully saturated rings. The number of hydrogen-bond donors (Lipinski definition) is 3. The lowest BCUT2D eigenvalue weighted by atomic mass is 10.0. The molecule has 1 aromatic rings. The predicted molar refractivity (Wildman–Crippen MR) is 113 cm³/mol. The Morgan fingerprint density at radius 1 is 0.615 bits per heavy atom. The van der Waals surface area contributed by atoms with E-state index < -0.39 is 0 Å². The van der Waals surface area contributed by atoms with E-state index in [0.717, 1.165) is 39.3 Å². The predicted octanol–water partition coefficient (Wildman–Crippen LogP) is 2.65. The average Bonchev–Trinajstić information content (AvgIpc) is 2.66. The largest absolute Gasteiger partial charge is 0.314 e. The van der Waals surface area contributed by atoms with E-state index in [1.165, 1.54) is 70.1 Å². The summed E-state index contributed by atoms with van der Waals surface area (Å²) in [4.78, 5) is 2.63. The smallest absolute Gasteiger partial charge is 0.0107 e. The van der Waals surface area contributed by atoms with Crippen molar-refractivity contribution in [3.8, 4) is 0 Å². The van der Waals surface area contributed by atoms with Crippen molar-refractivity contribution in [1.29, 1.82) is 0 Å². The van der Waals surface area contributed by atoms with Gasteiger partial charge < -0.3 is 20.9 Å². The van der Waals surface area contributed by atoms with Gasteiger partial charge in [-0.15, -0.1) is 0 Å². The molecule has 0 radical (unpaired) electrons. The number of unbranched alkanes of at least 4 members (excludes halogenated alkanes) is 5. The van der Waals surface area contributed by atoms with E-state index in [1.54, 1.807) is 0 Å². The highest BCUT2D eigenvalue weighted by Crippen LogP contribution is 2.10. The van der Waals surface area contributed by atoms with E-state index in [2.05, 4.69) is 51.2 Å². The zero-order chi connectivity index (χ0) is 18.1. The SMILES string of the molecule is c1ccc(CCCCCCCCN2CCNCCNCCNCC2)cc1. The summed E-state index contributed by atoms with van der Waals surface area (Å²) in [6, 6.07) is 10.9. The summed E-state index contributed by atoms with van der Waals surface area (Å²) in [7, 11) is 0. The van der Waals surface area contributed by atoms with Crippen molar-refractivity contribution in [3.63, 3.8) is 0 Å². The van der Waals surface area contributed by atoms with Crippen molar-refractivity contribution in [2.75, 3.05) is 58.9 Å². The van der Waals surface area contributed by atoms with Gasteiger partial charge in [0, 0.05) is 52.4 Å². The Morgan fingerprint density at radius 2 is 1.15 bits per heavy atom. The highest BCUT2D eigenvalue weighted by atomic mass is 15.2. The Bertz CT molecular complexity index is 411. The summed E-state index contributed by atoms with van der Waals surface area (Å²) in [6.45, 7) is 10.1. The number of rotatable bonds is 9. The average molecular weight is 361 g/mol.